The highest BCUT2D eigenvalue weighted by Gasteiger charge is 2.19. The molecule has 0 aliphatic heterocycles. The first kappa shape index (κ1) is 13.4. The molecular formula is C11H13ClN2O3. The van der Waals surface area contributed by atoms with Crippen LogP contribution in [0.4, 0.5) is 0 Å². The fourth-order valence-corrected chi connectivity index (χ4v) is 1.51. The lowest BCUT2D eigenvalue weighted by molar-refractivity contribution is -0.139. The van der Waals surface area contributed by atoms with E-state index in [9.17, 15) is 9.59 Å². The number of amides is 1. The van der Waals surface area contributed by atoms with E-state index in [0.717, 1.165) is 0 Å². The average Bonchev–Trinajstić information content (AvgIpc) is 2.28. The van der Waals surface area contributed by atoms with Gasteiger partial charge in [0, 0.05) is 11.8 Å². The normalized spacial score (nSPS) is 11.9. The van der Waals surface area contributed by atoms with Crippen LogP contribution < -0.4 is 5.32 Å². The van der Waals surface area contributed by atoms with E-state index in [4.69, 9.17) is 16.7 Å². The number of nitrogens with zero attached hydrogens (tertiary/aromatic N) is 1. The van der Waals surface area contributed by atoms with Crippen molar-refractivity contribution in [2.24, 2.45) is 0 Å². The van der Waals surface area contributed by atoms with Crippen molar-refractivity contribution < 1.29 is 14.7 Å². The molecule has 1 aromatic heterocycles. The summed E-state index contributed by atoms with van der Waals surface area (Å²) in [4.78, 5) is 26.3. The number of aliphatic carboxylic acids is 1. The Bertz CT molecular complexity index is 423. The van der Waals surface area contributed by atoms with Crippen LogP contribution in [-0.2, 0) is 4.79 Å². The van der Waals surface area contributed by atoms with Gasteiger partial charge in [-0.05, 0) is 18.6 Å². The summed E-state index contributed by atoms with van der Waals surface area (Å²) in [6, 6.07) is 1.99. The Morgan fingerprint density at radius 3 is 2.82 bits per heavy atom. The highest BCUT2D eigenvalue weighted by molar-refractivity contribution is 6.29. The van der Waals surface area contributed by atoms with Crippen LogP contribution in [-0.4, -0.2) is 28.0 Å². The van der Waals surface area contributed by atoms with E-state index in [-0.39, 0.29) is 5.15 Å². The van der Waals surface area contributed by atoms with Crippen molar-refractivity contribution in [3.05, 3.63) is 29.0 Å². The average molecular weight is 257 g/mol. The molecule has 2 N–H and O–H groups in total. The van der Waals surface area contributed by atoms with E-state index in [2.05, 4.69) is 10.3 Å². The number of nitrogens with one attached hydrogen (secondary N) is 1. The molecule has 17 heavy (non-hydrogen) atoms. The van der Waals surface area contributed by atoms with Gasteiger partial charge in [0.25, 0.3) is 5.91 Å². The maximum atomic E-state index is 11.7. The highest BCUT2D eigenvalue weighted by atomic mass is 35.5. The van der Waals surface area contributed by atoms with Crippen molar-refractivity contribution in [2.45, 2.75) is 25.8 Å². The van der Waals surface area contributed by atoms with Crippen LogP contribution in [0.2, 0.25) is 5.15 Å². The predicted molar refractivity (Wildman–Crippen MR) is 63.0 cm³/mol. The summed E-state index contributed by atoms with van der Waals surface area (Å²) in [5.74, 6) is -1.50. The predicted octanol–water partition coefficient (Wildman–Crippen LogP) is 1.72. The number of hydrogen-bond acceptors (Lipinski definition) is 3. The summed E-state index contributed by atoms with van der Waals surface area (Å²) in [6.07, 6.45) is 2.46. The van der Waals surface area contributed by atoms with Crippen molar-refractivity contribution in [1.82, 2.24) is 10.3 Å². The Labute approximate surface area is 104 Å². The summed E-state index contributed by atoms with van der Waals surface area (Å²) in [7, 11) is 0. The summed E-state index contributed by atoms with van der Waals surface area (Å²) >= 11 is 5.64. The summed E-state index contributed by atoms with van der Waals surface area (Å²) < 4.78 is 0. The molecule has 1 rings (SSSR count). The zero-order chi connectivity index (χ0) is 12.8. The van der Waals surface area contributed by atoms with E-state index >= 15 is 0 Å². The molecule has 0 aliphatic rings. The Morgan fingerprint density at radius 2 is 2.29 bits per heavy atom. The molecule has 6 heteroatoms. The number of pyridine rings is 1. The molecule has 1 amide bonds. The van der Waals surface area contributed by atoms with E-state index < -0.39 is 17.9 Å². The van der Waals surface area contributed by atoms with Crippen molar-refractivity contribution in [2.75, 3.05) is 0 Å². The van der Waals surface area contributed by atoms with E-state index in [0.29, 0.717) is 18.4 Å². The van der Waals surface area contributed by atoms with Gasteiger partial charge in [0.05, 0.1) is 0 Å². The van der Waals surface area contributed by atoms with Crippen LogP contribution in [0.3, 0.4) is 0 Å². The lowest BCUT2D eigenvalue weighted by Crippen LogP contribution is -2.40. The minimum absolute atomic E-state index is 0.194. The second kappa shape index (κ2) is 6.20. The van der Waals surface area contributed by atoms with Gasteiger partial charge in [-0.1, -0.05) is 24.9 Å². The van der Waals surface area contributed by atoms with E-state index in [1.807, 2.05) is 6.92 Å². The molecule has 5 nitrogen and oxygen atoms in total. The number of hydrogen-bond donors (Lipinski definition) is 2. The minimum Gasteiger partial charge on any atom is -0.480 e. The molecule has 1 aromatic rings. The molecule has 1 heterocycles. The van der Waals surface area contributed by atoms with Gasteiger partial charge >= 0.3 is 5.97 Å². The van der Waals surface area contributed by atoms with Gasteiger partial charge in [-0.15, -0.1) is 0 Å². The number of aromatic nitrogens is 1. The molecular weight excluding hydrogens is 244 g/mol. The van der Waals surface area contributed by atoms with Crippen molar-refractivity contribution in [3.8, 4) is 0 Å². The highest BCUT2D eigenvalue weighted by Crippen LogP contribution is 2.07. The quantitative estimate of drug-likeness (QED) is 0.786. The standard InChI is InChI=1S/C11H13ClN2O3/c1-2-3-8(11(16)17)14-10(15)7-4-5-13-9(12)6-7/h4-6,8H,2-3H2,1H3,(H,14,15)(H,16,17)/t8-/m1/s1. The largest absolute Gasteiger partial charge is 0.480 e. The fourth-order valence-electron chi connectivity index (χ4n) is 1.33. The summed E-state index contributed by atoms with van der Waals surface area (Å²) in [5.41, 5.74) is 0.298. The molecule has 0 fully saturated rings. The molecule has 0 aromatic carbocycles. The van der Waals surface area contributed by atoms with Crippen LogP contribution in [0.1, 0.15) is 30.1 Å². The van der Waals surface area contributed by atoms with Gasteiger partial charge in [-0.25, -0.2) is 9.78 Å². The molecule has 0 saturated heterocycles. The number of carboxylic acid groups (broad SMARTS) is 1. The van der Waals surface area contributed by atoms with Gasteiger partial charge in [-0.2, -0.15) is 0 Å². The van der Waals surface area contributed by atoms with Gasteiger partial charge in [0.2, 0.25) is 0 Å². The molecule has 0 bridgehead atoms. The first-order chi connectivity index (χ1) is 8.04. The van der Waals surface area contributed by atoms with Crippen molar-refractivity contribution >= 4 is 23.5 Å². The molecule has 0 saturated carbocycles. The number of halogens is 1. The minimum atomic E-state index is -1.04. The van der Waals surface area contributed by atoms with Gasteiger partial charge in [0.1, 0.15) is 11.2 Å². The topological polar surface area (TPSA) is 79.3 Å². The van der Waals surface area contributed by atoms with Crippen LogP contribution >= 0.6 is 11.6 Å². The smallest absolute Gasteiger partial charge is 0.326 e. The summed E-state index contributed by atoms with van der Waals surface area (Å²) in [6.45, 7) is 1.85. The summed E-state index contributed by atoms with van der Waals surface area (Å²) in [5, 5.41) is 11.5. The Hall–Kier alpha value is -1.62. The number of carbonyl (C=O) groups excluding carboxylic acids is 1. The van der Waals surface area contributed by atoms with Crippen LogP contribution in [0.25, 0.3) is 0 Å². The Balaban J connectivity index is 2.73. The molecule has 0 unspecified atom stereocenters. The third-order valence-corrected chi connectivity index (χ3v) is 2.38. The first-order valence-corrected chi connectivity index (χ1v) is 5.57. The number of carbonyl (C=O) groups is 2. The zero-order valence-electron chi connectivity index (χ0n) is 9.31. The monoisotopic (exact) mass is 256 g/mol. The number of carboxylic acids is 1. The SMILES string of the molecule is CCC[C@@H](NC(=O)c1ccnc(Cl)c1)C(=O)O. The third-order valence-electron chi connectivity index (χ3n) is 2.17. The Kier molecular flexibility index (Phi) is 4.90. The lowest BCUT2D eigenvalue weighted by atomic mass is 10.1. The molecule has 0 radical (unpaired) electrons. The van der Waals surface area contributed by atoms with Gasteiger partial charge in [0.15, 0.2) is 0 Å². The first-order valence-electron chi connectivity index (χ1n) is 5.19. The maximum absolute atomic E-state index is 11.7. The number of rotatable bonds is 5. The molecule has 0 spiro atoms. The van der Waals surface area contributed by atoms with Crippen LogP contribution in [0.5, 0.6) is 0 Å². The van der Waals surface area contributed by atoms with Crippen molar-refractivity contribution in [3.63, 3.8) is 0 Å². The molecule has 92 valence electrons. The van der Waals surface area contributed by atoms with E-state index in [1.54, 1.807) is 0 Å². The third kappa shape index (κ3) is 4.03. The Morgan fingerprint density at radius 1 is 1.59 bits per heavy atom. The molecule has 0 aliphatic carbocycles. The zero-order valence-corrected chi connectivity index (χ0v) is 10.1. The lowest BCUT2D eigenvalue weighted by Gasteiger charge is -2.13. The molecule has 1 atom stereocenters. The van der Waals surface area contributed by atoms with E-state index in [1.165, 1.54) is 18.3 Å². The second-order valence-electron chi connectivity index (χ2n) is 3.52. The van der Waals surface area contributed by atoms with Gasteiger partial charge < -0.3 is 10.4 Å². The van der Waals surface area contributed by atoms with Gasteiger partial charge in [-0.3, -0.25) is 4.79 Å². The van der Waals surface area contributed by atoms with Crippen LogP contribution in [0.15, 0.2) is 18.3 Å². The fraction of sp³-hybridized carbons (Fsp3) is 0.364. The van der Waals surface area contributed by atoms with Crippen LogP contribution in [0, 0.1) is 0 Å². The second-order valence-corrected chi connectivity index (χ2v) is 3.91. The maximum Gasteiger partial charge on any atom is 0.326 e. The van der Waals surface area contributed by atoms with Crippen molar-refractivity contribution in [1.29, 1.82) is 0 Å².